The van der Waals surface area contributed by atoms with Gasteiger partial charge in [0.1, 0.15) is 29.0 Å². The van der Waals surface area contributed by atoms with Crippen LogP contribution in [0.15, 0.2) is 57.6 Å². The lowest BCUT2D eigenvalue weighted by molar-refractivity contribution is 0.223. The van der Waals surface area contributed by atoms with E-state index >= 15 is 0 Å². The van der Waals surface area contributed by atoms with Crippen molar-refractivity contribution in [3.8, 4) is 17.6 Å². The number of nitrogens with one attached hydrogen (secondary N) is 2. The lowest BCUT2D eigenvalue weighted by Crippen LogP contribution is -2.24. The molecule has 196 valence electrons. The molecular formula is C28H25N7O3S. The van der Waals surface area contributed by atoms with E-state index in [2.05, 4.69) is 37.4 Å². The van der Waals surface area contributed by atoms with Crippen molar-refractivity contribution in [2.75, 3.05) is 18.4 Å². The van der Waals surface area contributed by atoms with E-state index in [-0.39, 0.29) is 18.2 Å². The molecule has 0 spiro atoms. The maximum Gasteiger partial charge on any atom is 0.268 e. The molecule has 1 aliphatic rings. The number of rotatable bonds is 6. The number of thiazole rings is 1. The topological polar surface area (TPSA) is 120 Å². The van der Waals surface area contributed by atoms with Gasteiger partial charge in [-0.2, -0.15) is 4.98 Å². The fourth-order valence-corrected chi connectivity index (χ4v) is 4.83. The molecule has 0 amide bonds. The Morgan fingerprint density at radius 2 is 2.08 bits per heavy atom. The van der Waals surface area contributed by atoms with E-state index in [1.165, 1.54) is 17.7 Å². The monoisotopic (exact) mass is 539 g/mol. The first kappa shape index (κ1) is 24.8. The van der Waals surface area contributed by atoms with Gasteiger partial charge in [0.15, 0.2) is 6.39 Å². The van der Waals surface area contributed by atoms with E-state index in [0.717, 1.165) is 35.8 Å². The first-order valence-corrected chi connectivity index (χ1v) is 13.4. The van der Waals surface area contributed by atoms with E-state index in [4.69, 9.17) is 14.1 Å². The molecule has 2 N–H and O–H groups in total. The van der Waals surface area contributed by atoms with Crippen molar-refractivity contribution in [2.45, 2.75) is 32.9 Å². The molecule has 1 aliphatic heterocycles. The third kappa shape index (κ3) is 5.38. The molecule has 11 heteroatoms. The standard InChI is InChI=1S/C28H25N7O3S/c1-17-25(37-15-31-17)14-35-26-20(11-19(27(35)36)3-8-24-18(2)39-16-32-24)12-30-28(34-26)33-21-4-6-22(7-5-21)38-23-9-10-29-13-23/h4-7,11-12,15-16,23,29H,9-10,13-14H2,1-2H3,(H,30,33,34). The molecular weight excluding hydrogens is 514 g/mol. The summed E-state index contributed by atoms with van der Waals surface area (Å²) in [5.41, 5.74) is 4.39. The molecule has 10 nitrogen and oxygen atoms in total. The summed E-state index contributed by atoms with van der Waals surface area (Å²) in [6, 6.07) is 9.37. The van der Waals surface area contributed by atoms with Gasteiger partial charge in [0.05, 0.1) is 23.3 Å². The quantitative estimate of drug-likeness (QED) is 0.311. The maximum absolute atomic E-state index is 13.6. The summed E-state index contributed by atoms with van der Waals surface area (Å²) in [5, 5.41) is 7.19. The van der Waals surface area contributed by atoms with Crippen LogP contribution >= 0.6 is 11.3 Å². The van der Waals surface area contributed by atoms with Crippen molar-refractivity contribution in [2.24, 2.45) is 0 Å². The molecule has 0 aliphatic carbocycles. The Morgan fingerprint density at radius 1 is 1.21 bits per heavy atom. The van der Waals surface area contributed by atoms with Gasteiger partial charge < -0.3 is 19.8 Å². The maximum atomic E-state index is 13.6. The minimum Gasteiger partial charge on any atom is -0.489 e. The van der Waals surface area contributed by atoms with Crippen LogP contribution in [0, 0.1) is 25.7 Å². The number of ether oxygens (including phenoxy) is 1. The zero-order valence-corrected chi connectivity index (χ0v) is 22.2. The number of fused-ring (bicyclic) bond motifs is 1. The molecule has 0 radical (unpaired) electrons. The number of hydrogen-bond donors (Lipinski definition) is 2. The first-order valence-electron chi connectivity index (χ1n) is 12.5. The Kier molecular flexibility index (Phi) is 6.79. The molecule has 6 rings (SSSR count). The summed E-state index contributed by atoms with van der Waals surface area (Å²) < 4.78 is 13.1. The molecule has 5 aromatic rings. The number of benzene rings is 1. The zero-order valence-electron chi connectivity index (χ0n) is 21.4. The van der Waals surface area contributed by atoms with Crippen LogP contribution in [-0.2, 0) is 6.54 Å². The second-order valence-electron chi connectivity index (χ2n) is 9.17. The van der Waals surface area contributed by atoms with Crippen LogP contribution < -0.4 is 20.9 Å². The van der Waals surface area contributed by atoms with E-state index < -0.39 is 0 Å². The van der Waals surface area contributed by atoms with Crippen LogP contribution in [0.5, 0.6) is 5.75 Å². The Bertz CT molecular complexity index is 1760. The lowest BCUT2D eigenvalue weighted by Gasteiger charge is -2.13. The average Bonchev–Trinajstić information content (AvgIpc) is 3.70. The highest BCUT2D eigenvalue weighted by atomic mass is 32.1. The smallest absolute Gasteiger partial charge is 0.268 e. The molecule has 5 heterocycles. The van der Waals surface area contributed by atoms with Gasteiger partial charge in [-0.3, -0.25) is 9.36 Å². The van der Waals surface area contributed by atoms with Crippen LogP contribution in [0.3, 0.4) is 0 Å². The van der Waals surface area contributed by atoms with E-state index in [1.54, 1.807) is 22.3 Å². The number of aryl methyl sites for hydroxylation is 2. The number of anilines is 2. The summed E-state index contributed by atoms with van der Waals surface area (Å²) >= 11 is 1.51. The van der Waals surface area contributed by atoms with Crippen molar-refractivity contribution in [1.82, 2.24) is 29.8 Å². The normalized spacial score (nSPS) is 14.8. The number of hydrogen-bond acceptors (Lipinski definition) is 10. The van der Waals surface area contributed by atoms with Gasteiger partial charge in [0, 0.05) is 28.7 Å². The fourth-order valence-electron chi connectivity index (χ4n) is 4.30. The van der Waals surface area contributed by atoms with Gasteiger partial charge in [-0.1, -0.05) is 5.92 Å². The third-order valence-corrected chi connectivity index (χ3v) is 7.22. The summed E-state index contributed by atoms with van der Waals surface area (Å²) in [7, 11) is 0. The summed E-state index contributed by atoms with van der Waals surface area (Å²) in [5.74, 6) is 7.75. The highest BCUT2D eigenvalue weighted by molar-refractivity contribution is 7.09. The SMILES string of the molecule is Cc1ncoc1Cn1c(=O)c(C#Cc2ncsc2C)cc2cnc(Nc3ccc(OC4CCNC4)cc3)nc21. The number of oxazole rings is 1. The second kappa shape index (κ2) is 10.7. The van der Waals surface area contributed by atoms with Crippen molar-refractivity contribution in [3.63, 3.8) is 0 Å². The lowest BCUT2D eigenvalue weighted by atomic mass is 10.2. The van der Waals surface area contributed by atoms with Crippen LogP contribution in [0.1, 0.15) is 34.0 Å². The van der Waals surface area contributed by atoms with Gasteiger partial charge in [0.25, 0.3) is 5.56 Å². The molecule has 1 unspecified atom stereocenters. The van der Waals surface area contributed by atoms with Crippen LogP contribution in [-0.4, -0.2) is 43.7 Å². The molecule has 4 aromatic heterocycles. The second-order valence-corrected chi connectivity index (χ2v) is 10.2. The van der Waals surface area contributed by atoms with Crippen molar-refractivity contribution in [1.29, 1.82) is 0 Å². The largest absolute Gasteiger partial charge is 0.489 e. The molecule has 0 saturated carbocycles. The fraction of sp³-hybridized carbons (Fsp3) is 0.250. The number of pyridine rings is 1. The summed E-state index contributed by atoms with van der Waals surface area (Å²) in [6.07, 6.45) is 4.23. The molecule has 1 atom stereocenters. The van der Waals surface area contributed by atoms with Gasteiger partial charge in [-0.05, 0) is 63.1 Å². The summed E-state index contributed by atoms with van der Waals surface area (Å²) in [6.45, 7) is 5.77. The van der Waals surface area contributed by atoms with Crippen molar-refractivity contribution in [3.05, 3.63) is 86.4 Å². The predicted octanol–water partition coefficient (Wildman–Crippen LogP) is 3.79. The van der Waals surface area contributed by atoms with Crippen molar-refractivity contribution >= 4 is 34.0 Å². The zero-order chi connectivity index (χ0) is 26.8. The number of nitrogens with zero attached hydrogens (tertiary/aromatic N) is 5. The number of aromatic nitrogens is 5. The summed E-state index contributed by atoms with van der Waals surface area (Å²) in [4.78, 5) is 32.2. The van der Waals surface area contributed by atoms with Crippen molar-refractivity contribution < 1.29 is 9.15 Å². The Labute approximate surface area is 228 Å². The molecule has 1 fully saturated rings. The van der Waals surface area contributed by atoms with Gasteiger partial charge in [-0.25, -0.2) is 15.0 Å². The minimum absolute atomic E-state index is 0.158. The minimum atomic E-state index is -0.286. The van der Waals surface area contributed by atoms with Gasteiger partial charge in [0.2, 0.25) is 5.95 Å². The highest BCUT2D eigenvalue weighted by Crippen LogP contribution is 2.22. The van der Waals surface area contributed by atoms with E-state index in [9.17, 15) is 4.79 Å². The Morgan fingerprint density at radius 3 is 2.79 bits per heavy atom. The molecule has 1 saturated heterocycles. The molecule has 39 heavy (non-hydrogen) atoms. The predicted molar refractivity (Wildman–Crippen MR) is 149 cm³/mol. The Hall–Kier alpha value is -4.53. The van der Waals surface area contributed by atoms with Gasteiger partial charge in [-0.15, -0.1) is 11.3 Å². The van der Waals surface area contributed by atoms with Crippen LogP contribution in [0.4, 0.5) is 11.6 Å². The van der Waals surface area contributed by atoms with E-state index in [0.29, 0.717) is 39.7 Å². The van der Waals surface area contributed by atoms with Gasteiger partial charge >= 0.3 is 0 Å². The Balaban J connectivity index is 1.34. The van der Waals surface area contributed by atoms with Crippen LogP contribution in [0.2, 0.25) is 0 Å². The first-order chi connectivity index (χ1) is 19.0. The molecule has 0 bridgehead atoms. The average molecular weight is 540 g/mol. The van der Waals surface area contributed by atoms with E-state index in [1.807, 2.05) is 38.1 Å². The van der Waals surface area contributed by atoms with Crippen LogP contribution in [0.25, 0.3) is 11.0 Å². The molecule has 1 aromatic carbocycles. The highest BCUT2D eigenvalue weighted by Gasteiger charge is 2.17. The third-order valence-electron chi connectivity index (χ3n) is 6.46.